The Morgan fingerprint density at radius 2 is 1.87 bits per heavy atom. The monoisotopic (exact) mass is 215 g/mol. The summed E-state index contributed by atoms with van der Waals surface area (Å²) in [5.41, 5.74) is 5.62. The van der Waals surface area contributed by atoms with Crippen molar-refractivity contribution in [1.29, 1.82) is 0 Å². The van der Waals surface area contributed by atoms with Gasteiger partial charge in [-0.1, -0.05) is 13.8 Å². The van der Waals surface area contributed by atoms with E-state index in [9.17, 15) is 9.59 Å². The Balaban J connectivity index is 3.68. The highest BCUT2D eigenvalue weighted by atomic mass is 16.2. The molecule has 5 nitrogen and oxygen atoms in total. The van der Waals surface area contributed by atoms with Crippen molar-refractivity contribution in [3.05, 3.63) is 0 Å². The second-order valence-electron chi connectivity index (χ2n) is 3.76. The van der Waals surface area contributed by atoms with Gasteiger partial charge in [-0.2, -0.15) is 0 Å². The van der Waals surface area contributed by atoms with Gasteiger partial charge in [-0.15, -0.1) is 0 Å². The summed E-state index contributed by atoms with van der Waals surface area (Å²) in [6, 6.07) is -0.501. The van der Waals surface area contributed by atoms with Crippen LogP contribution in [0.2, 0.25) is 0 Å². The van der Waals surface area contributed by atoms with Gasteiger partial charge in [-0.05, 0) is 12.8 Å². The predicted octanol–water partition coefficient (Wildman–Crippen LogP) is -0.388. The standard InChI is InChI=1S/C10H21N3O2/c1-4-12-8(14)5-6-13-10(15)9(11)7(2)3/h7,9H,4-6,11H2,1-3H3,(H,12,14)(H,13,15). The Labute approximate surface area is 90.8 Å². The zero-order valence-electron chi connectivity index (χ0n) is 9.67. The highest BCUT2D eigenvalue weighted by Gasteiger charge is 2.16. The quantitative estimate of drug-likeness (QED) is 0.564. The molecule has 5 heteroatoms. The Morgan fingerprint density at radius 3 is 2.33 bits per heavy atom. The summed E-state index contributed by atoms with van der Waals surface area (Å²) < 4.78 is 0. The van der Waals surface area contributed by atoms with Crippen LogP contribution in [0.15, 0.2) is 0 Å². The number of hydrogen-bond donors (Lipinski definition) is 3. The van der Waals surface area contributed by atoms with Gasteiger partial charge in [0, 0.05) is 19.5 Å². The highest BCUT2D eigenvalue weighted by molar-refractivity contribution is 5.82. The average Bonchev–Trinajstić information content (AvgIpc) is 2.16. The Morgan fingerprint density at radius 1 is 1.27 bits per heavy atom. The van der Waals surface area contributed by atoms with E-state index in [0.717, 1.165) is 0 Å². The molecule has 0 aromatic rings. The topological polar surface area (TPSA) is 84.2 Å². The summed E-state index contributed by atoms with van der Waals surface area (Å²) in [6.07, 6.45) is 0.296. The molecule has 4 N–H and O–H groups in total. The van der Waals surface area contributed by atoms with E-state index in [1.807, 2.05) is 20.8 Å². The maximum atomic E-state index is 11.4. The molecule has 0 saturated heterocycles. The summed E-state index contributed by atoms with van der Waals surface area (Å²) in [6.45, 7) is 6.57. The van der Waals surface area contributed by atoms with E-state index in [1.54, 1.807) is 0 Å². The van der Waals surface area contributed by atoms with Crippen molar-refractivity contribution < 1.29 is 9.59 Å². The fourth-order valence-corrected chi connectivity index (χ4v) is 1.01. The van der Waals surface area contributed by atoms with Gasteiger partial charge in [0.15, 0.2) is 0 Å². The molecular formula is C10H21N3O2. The Kier molecular flexibility index (Phi) is 6.70. The van der Waals surface area contributed by atoms with Crippen molar-refractivity contribution in [1.82, 2.24) is 10.6 Å². The molecule has 0 radical (unpaired) electrons. The van der Waals surface area contributed by atoms with Gasteiger partial charge in [0.1, 0.15) is 0 Å². The summed E-state index contributed by atoms with van der Waals surface area (Å²) >= 11 is 0. The van der Waals surface area contributed by atoms with Crippen LogP contribution in [0.25, 0.3) is 0 Å². The minimum atomic E-state index is -0.501. The Bertz CT molecular complexity index is 217. The lowest BCUT2D eigenvalue weighted by Crippen LogP contribution is -2.44. The third-order valence-corrected chi connectivity index (χ3v) is 2.05. The van der Waals surface area contributed by atoms with Crippen LogP contribution in [0.1, 0.15) is 27.2 Å². The molecule has 0 aliphatic carbocycles. The molecule has 0 rings (SSSR count). The first-order valence-corrected chi connectivity index (χ1v) is 5.29. The van der Waals surface area contributed by atoms with Gasteiger partial charge in [-0.3, -0.25) is 9.59 Å². The third-order valence-electron chi connectivity index (χ3n) is 2.05. The molecule has 1 atom stereocenters. The first kappa shape index (κ1) is 13.9. The fraction of sp³-hybridized carbons (Fsp3) is 0.800. The molecule has 88 valence electrons. The van der Waals surface area contributed by atoms with Crippen molar-refractivity contribution in [3.63, 3.8) is 0 Å². The van der Waals surface area contributed by atoms with Crippen LogP contribution >= 0.6 is 0 Å². The molecule has 15 heavy (non-hydrogen) atoms. The van der Waals surface area contributed by atoms with E-state index in [1.165, 1.54) is 0 Å². The van der Waals surface area contributed by atoms with E-state index in [0.29, 0.717) is 19.5 Å². The number of nitrogens with two attached hydrogens (primary N) is 1. The molecule has 0 aliphatic heterocycles. The fourth-order valence-electron chi connectivity index (χ4n) is 1.01. The molecule has 0 saturated carbocycles. The smallest absolute Gasteiger partial charge is 0.237 e. The zero-order chi connectivity index (χ0) is 11.8. The van der Waals surface area contributed by atoms with E-state index in [2.05, 4.69) is 10.6 Å². The zero-order valence-corrected chi connectivity index (χ0v) is 9.67. The molecule has 2 amide bonds. The van der Waals surface area contributed by atoms with Gasteiger partial charge in [0.25, 0.3) is 0 Å². The van der Waals surface area contributed by atoms with Crippen molar-refractivity contribution >= 4 is 11.8 Å². The third kappa shape index (κ3) is 6.06. The van der Waals surface area contributed by atoms with Crippen molar-refractivity contribution in [3.8, 4) is 0 Å². The van der Waals surface area contributed by atoms with Crippen LogP contribution in [-0.2, 0) is 9.59 Å². The van der Waals surface area contributed by atoms with Gasteiger partial charge in [0.05, 0.1) is 6.04 Å². The SMILES string of the molecule is CCNC(=O)CCNC(=O)C(N)C(C)C. The average molecular weight is 215 g/mol. The number of hydrogen-bond acceptors (Lipinski definition) is 3. The normalized spacial score (nSPS) is 12.3. The van der Waals surface area contributed by atoms with Crippen molar-refractivity contribution in [2.45, 2.75) is 33.2 Å². The van der Waals surface area contributed by atoms with Crippen LogP contribution in [0.4, 0.5) is 0 Å². The largest absolute Gasteiger partial charge is 0.356 e. The number of amides is 2. The summed E-state index contributed by atoms with van der Waals surface area (Å²) in [5, 5.41) is 5.28. The number of nitrogens with one attached hydrogen (secondary N) is 2. The number of carbonyl (C=O) groups excluding carboxylic acids is 2. The summed E-state index contributed by atoms with van der Waals surface area (Å²) in [7, 11) is 0. The lowest BCUT2D eigenvalue weighted by molar-refractivity contribution is -0.123. The summed E-state index contributed by atoms with van der Waals surface area (Å²) in [5.74, 6) is -0.153. The molecule has 0 aromatic heterocycles. The summed E-state index contributed by atoms with van der Waals surface area (Å²) in [4.78, 5) is 22.4. The van der Waals surface area contributed by atoms with Gasteiger partial charge in [-0.25, -0.2) is 0 Å². The second kappa shape index (κ2) is 7.23. The maximum Gasteiger partial charge on any atom is 0.237 e. The molecule has 0 aromatic carbocycles. The van der Waals surface area contributed by atoms with E-state index in [-0.39, 0.29) is 17.7 Å². The molecular weight excluding hydrogens is 194 g/mol. The van der Waals surface area contributed by atoms with Crippen LogP contribution in [0.5, 0.6) is 0 Å². The molecule has 0 aliphatic rings. The second-order valence-corrected chi connectivity index (χ2v) is 3.76. The van der Waals surface area contributed by atoms with Crippen LogP contribution in [0.3, 0.4) is 0 Å². The molecule has 0 spiro atoms. The molecule has 0 heterocycles. The van der Waals surface area contributed by atoms with Crippen molar-refractivity contribution in [2.24, 2.45) is 11.7 Å². The lowest BCUT2D eigenvalue weighted by Gasteiger charge is -2.14. The highest BCUT2D eigenvalue weighted by Crippen LogP contribution is 1.97. The lowest BCUT2D eigenvalue weighted by atomic mass is 10.1. The van der Waals surface area contributed by atoms with Crippen LogP contribution < -0.4 is 16.4 Å². The molecule has 1 unspecified atom stereocenters. The molecule has 0 bridgehead atoms. The maximum absolute atomic E-state index is 11.4. The van der Waals surface area contributed by atoms with E-state index < -0.39 is 6.04 Å². The van der Waals surface area contributed by atoms with E-state index in [4.69, 9.17) is 5.73 Å². The van der Waals surface area contributed by atoms with Crippen LogP contribution in [-0.4, -0.2) is 30.9 Å². The van der Waals surface area contributed by atoms with E-state index >= 15 is 0 Å². The van der Waals surface area contributed by atoms with Crippen LogP contribution in [0, 0.1) is 5.92 Å². The minimum absolute atomic E-state index is 0.0593. The van der Waals surface area contributed by atoms with Gasteiger partial charge < -0.3 is 16.4 Å². The van der Waals surface area contributed by atoms with Gasteiger partial charge >= 0.3 is 0 Å². The van der Waals surface area contributed by atoms with Gasteiger partial charge in [0.2, 0.25) is 11.8 Å². The first-order chi connectivity index (χ1) is 6.99. The minimum Gasteiger partial charge on any atom is -0.356 e. The number of rotatable bonds is 6. The first-order valence-electron chi connectivity index (χ1n) is 5.29. The Hall–Kier alpha value is -1.10. The van der Waals surface area contributed by atoms with Crippen molar-refractivity contribution in [2.75, 3.05) is 13.1 Å². The number of carbonyl (C=O) groups is 2. The molecule has 0 fully saturated rings. The predicted molar refractivity (Wildman–Crippen MR) is 59.1 cm³/mol.